The van der Waals surface area contributed by atoms with Crippen LogP contribution in [0, 0.1) is 0 Å². The van der Waals surface area contributed by atoms with Gasteiger partial charge in [-0.3, -0.25) is 14.2 Å². The standard InChI is InChI=1S/C63H109N2O7P/c1-7-10-13-16-19-22-25-28-30-31-32-33-35-38-41-44-47-50-53-56-63(67)72-61(54-51-48-45-42-39-36-27-24-21-18-15-12-9-3)60(59-71-73(68,69)70-58-57-65(4,5)6)64-62(66)55-52-49-46-43-40-37-34-29-26-23-20-17-14-11-8-2/h10,13,19-20,22-23,26,28-30,32-33,38,41,47,50-51,54,60-61H,7-9,11-12,14-18,21,24-25,27,31,34-37,39-40,42-46,48-49,52-53,55-59H2,1-6H3,(H-,64,66,68,69)/b13-10-,22-19-,23-20+,29-26+,30-28-,33-32-,41-38-,50-47-,54-51+. The third-order valence-corrected chi connectivity index (χ3v) is 13.2. The van der Waals surface area contributed by atoms with Gasteiger partial charge in [-0.25, -0.2) is 0 Å². The van der Waals surface area contributed by atoms with E-state index in [-0.39, 0.29) is 25.4 Å². The molecule has 0 fully saturated rings. The molecule has 0 saturated carbocycles. The van der Waals surface area contributed by atoms with E-state index in [9.17, 15) is 19.0 Å². The van der Waals surface area contributed by atoms with E-state index < -0.39 is 32.5 Å². The second-order valence-electron chi connectivity index (χ2n) is 20.4. The van der Waals surface area contributed by atoms with Crippen LogP contribution in [0.5, 0.6) is 0 Å². The summed E-state index contributed by atoms with van der Waals surface area (Å²) in [6.07, 6.45) is 70.6. The van der Waals surface area contributed by atoms with Gasteiger partial charge < -0.3 is 28.5 Å². The van der Waals surface area contributed by atoms with Crippen molar-refractivity contribution in [1.82, 2.24) is 5.32 Å². The minimum Gasteiger partial charge on any atom is -0.756 e. The van der Waals surface area contributed by atoms with Crippen LogP contribution in [0.4, 0.5) is 0 Å². The zero-order valence-electron chi connectivity index (χ0n) is 47.5. The van der Waals surface area contributed by atoms with Gasteiger partial charge in [0.15, 0.2) is 0 Å². The highest BCUT2D eigenvalue weighted by Gasteiger charge is 2.27. The van der Waals surface area contributed by atoms with E-state index in [0.29, 0.717) is 23.9 Å². The first-order valence-corrected chi connectivity index (χ1v) is 30.7. The van der Waals surface area contributed by atoms with Gasteiger partial charge in [-0.15, -0.1) is 0 Å². The molecule has 0 spiro atoms. The first kappa shape index (κ1) is 69.7. The van der Waals surface area contributed by atoms with E-state index in [1.165, 1.54) is 77.0 Å². The predicted molar refractivity (Wildman–Crippen MR) is 311 cm³/mol. The maximum Gasteiger partial charge on any atom is 0.306 e. The SMILES string of the molecule is CC/C=C\C/C=C\C/C=C\C/C=C\C/C=C\C/C=C\CCC(=O)OC(/C=C/CCCCCCCCCCCCC)C(COP(=O)([O-])OCC[N+](C)(C)C)NC(=O)CCCCCCCC/C=C/C=C/CCCCC. The molecule has 0 aliphatic rings. The smallest absolute Gasteiger partial charge is 0.306 e. The fraction of sp³-hybridized carbons (Fsp3) is 0.683. The Hall–Kier alpha value is -3.33. The van der Waals surface area contributed by atoms with Crippen molar-refractivity contribution in [2.24, 2.45) is 0 Å². The maximum atomic E-state index is 13.5. The number of rotatable bonds is 51. The molecule has 0 rings (SSSR count). The van der Waals surface area contributed by atoms with Crippen molar-refractivity contribution < 1.29 is 37.3 Å². The summed E-state index contributed by atoms with van der Waals surface area (Å²) in [5, 5.41) is 2.99. The van der Waals surface area contributed by atoms with E-state index in [0.717, 1.165) is 103 Å². The summed E-state index contributed by atoms with van der Waals surface area (Å²) in [5.74, 6) is -0.659. The number of carbonyl (C=O) groups excluding carboxylic acids is 2. The summed E-state index contributed by atoms with van der Waals surface area (Å²) < 4.78 is 30.2. The molecule has 10 heteroatoms. The highest BCUT2D eigenvalue weighted by Crippen LogP contribution is 2.38. The molecule has 1 N–H and O–H groups in total. The van der Waals surface area contributed by atoms with E-state index >= 15 is 0 Å². The molecule has 3 unspecified atom stereocenters. The minimum absolute atomic E-state index is 0.0413. The van der Waals surface area contributed by atoms with Crippen molar-refractivity contribution >= 4 is 19.7 Å². The Morgan fingerprint density at radius 2 is 0.932 bits per heavy atom. The first-order chi connectivity index (χ1) is 35.4. The van der Waals surface area contributed by atoms with Gasteiger partial charge in [0.25, 0.3) is 7.82 Å². The number of hydrogen-bond donors (Lipinski definition) is 1. The largest absolute Gasteiger partial charge is 0.756 e. The van der Waals surface area contributed by atoms with Gasteiger partial charge in [-0.1, -0.05) is 227 Å². The van der Waals surface area contributed by atoms with Crippen molar-refractivity contribution in [2.75, 3.05) is 40.9 Å². The lowest BCUT2D eigenvalue weighted by Gasteiger charge is -2.30. The lowest BCUT2D eigenvalue weighted by molar-refractivity contribution is -0.870. The van der Waals surface area contributed by atoms with E-state index in [4.69, 9.17) is 13.8 Å². The number of allylic oxidation sites excluding steroid dienone is 17. The van der Waals surface area contributed by atoms with Crippen LogP contribution in [0.1, 0.15) is 226 Å². The van der Waals surface area contributed by atoms with Gasteiger partial charge in [0.05, 0.1) is 33.8 Å². The Morgan fingerprint density at radius 3 is 1.42 bits per heavy atom. The molecule has 0 saturated heterocycles. The summed E-state index contributed by atoms with van der Waals surface area (Å²) >= 11 is 0. The third-order valence-electron chi connectivity index (χ3n) is 12.2. The van der Waals surface area contributed by atoms with E-state index in [1.54, 1.807) is 6.08 Å². The molecule has 0 heterocycles. The second kappa shape index (κ2) is 52.1. The average molecular weight is 1040 g/mol. The summed E-state index contributed by atoms with van der Waals surface area (Å²) in [5.41, 5.74) is 0. The third kappa shape index (κ3) is 53.3. The monoisotopic (exact) mass is 1040 g/mol. The molecule has 3 atom stereocenters. The lowest BCUT2D eigenvalue weighted by Crippen LogP contribution is -2.47. The van der Waals surface area contributed by atoms with Gasteiger partial charge >= 0.3 is 5.97 Å². The second-order valence-corrected chi connectivity index (χ2v) is 21.8. The highest BCUT2D eigenvalue weighted by atomic mass is 31.2. The van der Waals surface area contributed by atoms with Gasteiger partial charge in [0, 0.05) is 12.8 Å². The molecule has 1 amide bonds. The van der Waals surface area contributed by atoms with Crippen LogP contribution < -0.4 is 10.2 Å². The van der Waals surface area contributed by atoms with Gasteiger partial charge in [-0.05, 0) is 96.0 Å². The molecule has 418 valence electrons. The van der Waals surface area contributed by atoms with Crippen molar-refractivity contribution in [3.63, 3.8) is 0 Å². The molecular weight excluding hydrogens is 928 g/mol. The van der Waals surface area contributed by atoms with Crippen LogP contribution >= 0.6 is 7.82 Å². The molecule has 9 nitrogen and oxygen atoms in total. The van der Waals surface area contributed by atoms with Crippen molar-refractivity contribution in [3.05, 3.63) is 109 Å². The lowest BCUT2D eigenvalue weighted by atomic mass is 10.0. The Kier molecular flexibility index (Phi) is 49.7. The number of amides is 1. The van der Waals surface area contributed by atoms with Gasteiger partial charge in [-0.2, -0.15) is 0 Å². The summed E-state index contributed by atoms with van der Waals surface area (Å²) in [4.78, 5) is 39.9. The average Bonchev–Trinajstić information content (AvgIpc) is 3.35. The van der Waals surface area contributed by atoms with Gasteiger partial charge in [0.1, 0.15) is 19.3 Å². The topological polar surface area (TPSA) is 114 Å². The zero-order valence-corrected chi connectivity index (χ0v) is 48.4. The Morgan fingerprint density at radius 1 is 0.507 bits per heavy atom. The van der Waals surface area contributed by atoms with Crippen molar-refractivity contribution in [2.45, 2.75) is 238 Å². The fourth-order valence-electron chi connectivity index (χ4n) is 7.71. The number of quaternary nitrogens is 1. The Labute approximate surface area is 449 Å². The van der Waals surface area contributed by atoms with Crippen LogP contribution in [0.3, 0.4) is 0 Å². The summed E-state index contributed by atoms with van der Waals surface area (Å²) in [6, 6.07) is -0.931. The molecule has 0 aliphatic heterocycles. The van der Waals surface area contributed by atoms with E-state index in [1.807, 2.05) is 39.4 Å². The number of phosphoric ester groups is 1. The van der Waals surface area contributed by atoms with Crippen molar-refractivity contribution in [1.29, 1.82) is 0 Å². The number of carbonyl (C=O) groups is 2. The highest BCUT2D eigenvalue weighted by molar-refractivity contribution is 7.45. The number of esters is 1. The number of likely N-dealkylation sites (N-methyl/N-ethyl adjacent to an activating group) is 1. The zero-order chi connectivity index (χ0) is 53.6. The molecule has 0 aromatic rings. The summed E-state index contributed by atoms with van der Waals surface area (Å²) in [7, 11) is 1.12. The molecule has 73 heavy (non-hydrogen) atoms. The number of nitrogens with zero attached hydrogens (tertiary/aromatic N) is 1. The molecule has 0 radical (unpaired) electrons. The molecule has 0 aromatic heterocycles. The van der Waals surface area contributed by atoms with E-state index in [2.05, 4.69) is 111 Å². The Bertz CT molecular complexity index is 1620. The van der Waals surface area contributed by atoms with Crippen LogP contribution in [-0.2, 0) is 27.9 Å². The Balaban J connectivity index is 5.51. The molecule has 0 aliphatic carbocycles. The number of ether oxygens (including phenoxy) is 1. The number of nitrogens with one attached hydrogen (secondary N) is 1. The van der Waals surface area contributed by atoms with Crippen LogP contribution in [0.15, 0.2) is 109 Å². The molecule has 0 aromatic carbocycles. The van der Waals surface area contributed by atoms with Crippen LogP contribution in [0.25, 0.3) is 0 Å². The van der Waals surface area contributed by atoms with Crippen LogP contribution in [0.2, 0.25) is 0 Å². The normalized spacial score (nSPS) is 14.6. The number of phosphoric acid groups is 1. The van der Waals surface area contributed by atoms with Crippen LogP contribution in [-0.4, -0.2) is 69.4 Å². The maximum absolute atomic E-state index is 13.5. The fourth-order valence-corrected chi connectivity index (χ4v) is 8.44. The predicted octanol–water partition coefficient (Wildman–Crippen LogP) is 17.1. The minimum atomic E-state index is -4.72. The molecule has 0 bridgehead atoms. The van der Waals surface area contributed by atoms with Gasteiger partial charge in [0.2, 0.25) is 5.91 Å². The summed E-state index contributed by atoms with van der Waals surface area (Å²) in [6.45, 7) is 6.62. The number of hydrogen-bond acceptors (Lipinski definition) is 7. The quantitative estimate of drug-likeness (QED) is 0.0161. The number of unbranched alkanes of at least 4 members (excludes halogenated alkanes) is 20. The first-order valence-electron chi connectivity index (χ1n) is 29.2. The molecular formula is C63H109N2O7P. The van der Waals surface area contributed by atoms with Crippen molar-refractivity contribution in [3.8, 4) is 0 Å².